The fraction of sp³-hybridized carbons (Fsp3) is 0.176. The van der Waals surface area contributed by atoms with E-state index in [0.717, 1.165) is 5.56 Å². The second-order valence-electron chi connectivity index (χ2n) is 4.96. The summed E-state index contributed by atoms with van der Waals surface area (Å²) < 4.78 is 10.3. The summed E-state index contributed by atoms with van der Waals surface area (Å²) in [7, 11) is 1.31. The highest BCUT2D eigenvalue weighted by atomic mass is 16.6. The van der Waals surface area contributed by atoms with Gasteiger partial charge in [-0.05, 0) is 23.8 Å². The molecule has 1 N–H and O–H groups in total. The number of hydrogen-bond donors (Lipinski definition) is 1. The average Bonchev–Trinajstić information content (AvgIpc) is 2.61. The van der Waals surface area contributed by atoms with E-state index >= 15 is 0 Å². The topological polar surface area (TPSA) is 114 Å². The predicted molar refractivity (Wildman–Crippen MR) is 89.5 cm³/mol. The van der Waals surface area contributed by atoms with Gasteiger partial charge in [-0.1, -0.05) is 12.1 Å². The van der Waals surface area contributed by atoms with E-state index in [1.807, 2.05) is 6.07 Å². The van der Waals surface area contributed by atoms with Crippen LogP contribution in [0.2, 0.25) is 0 Å². The second kappa shape index (κ2) is 8.31. The lowest BCUT2D eigenvalue weighted by Gasteiger charge is -2.09. The predicted octanol–water partition coefficient (Wildman–Crippen LogP) is 2.69. The average molecular weight is 341 g/mol. The first-order valence-corrected chi connectivity index (χ1v) is 7.24. The maximum absolute atomic E-state index is 11.9. The van der Waals surface area contributed by atoms with Crippen molar-refractivity contribution in [3.05, 3.63) is 58.1 Å². The minimum Gasteiger partial charge on any atom is -0.490 e. The van der Waals surface area contributed by atoms with E-state index in [0.29, 0.717) is 12.1 Å². The normalized spacial score (nSPS) is 9.76. The van der Waals surface area contributed by atoms with Gasteiger partial charge in [-0.3, -0.25) is 14.9 Å². The van der Waals surface area contributed by atoms with Gasteiger partial charge >= 0.3 is 5.69 Å². The van der Waals surface area contributed by atoms with E-state index in [2.05, 4.69) is 5.32 Å². The van der Waals surface area contributed by atoms with E-state index in [-0.39, 0.29) is 29.7 Å². The summed E-state index contributed by atoms with van der Waals surface area (Å²) in [4.78, 5) is 22.2. The summed E-state index contributed by atoms with van der Waals surface area (Å²) in [6.07, 6.45) is 0.305. The Labute approximate surface area is 143 Å². The van der Waals surface area contributed by atoms with Crippen molar-refractivity contribution in [2.24, 2.45) is 0 Å². The lowest BCUT2D eigenvalue weighted by molar-refractivity contribution is -0.385. The van der Waals surface area contributed by atoms with E-state index in [1.54, 1.807) is 24.3 Å². The first kappa shape index (κ1) is 17.7. The number of nitro benzene ring substituents is 1. The molecule has 8 heteroatoms. The highest BCUT2D eigenvalue weighted by Gasteiger charge is 2.15. The largest absolute Gasteiger partial charge is 0.490 e. The summed E-state index contributed by atoms with van der Waals surface area (Å²) >= 11 is 0. The molecule has 0 heterocycles. The number of methoxy groups -OCH3 is 1. The first-order valence-electron chi connectivity index (χ1n) is 7.24. The zero-order chi connectivity index (χ0) is 18.2. The Morgan fingerprint density at radius 3 is 2.60 bits per heavy atom. The summed E-state index contributed by atoms with van der Waals surface area (Å²) in [6, 6.07) is 12.9. The molecule has 0 bridgehead atoms. The quantitative estimate of drug-likeness (QED) is 0.611. The molecule has 2 aromatic rings. The molecular weight excluding hydrogens is 326 g/mol. The van der Waals surface area contributed by atoms with Crippen LogP contribution >= 0.6 is 0 Å². The molecule has 128 valence electrons. The fourth-order valence-corrected chi connectivity index (χ4v) is 2.04. The van der Waals surface area contributed by atoms with Crippen molar-refractivity contribution >= 4 is 17.3 Å². The molecule has 0 aliphatic rings. The van der Waals surface area contributed by atoms with Crippen LogP contribution in [0, 0.1) is 21.4 Å². The SMILES string of the molecule is COc1cc(OCC(=O)Nc2ccc(CC#N)cc2)ccc1[N+](=O)[O-]. The first-order chi connectivity index (χ1) is 12.0. The van der Waals surface area contributed by atoms with Crippen LogP contribution < -0.4 is 14.8 Å². The van der Waals surface area contributed by atoms with Crippen LogP contribution in [-0.4, -0.2) is 24.5 Å². The Morgan fingerprint density at radius 1 is 1.28 bits per heavy atom. The van der Waals surface area contributed by atoms with E-state index < -0.39 is 4.92 Å². The number of amides is 1. The van der Waals surface area contributed by atoms with E-state index in [4.69, 9.17) is 14.7 Å². The van der Waals surface area contributed by atoms with Gasteiger partial charge in [0.15, 0.2) is 6.61 Å². The molecule has 0 saturated heterocycles. The number of carbonyl (C=O) groups excluding carboxylic acids is 1. The lowest BCUT2D eigenvalue weighted by Crippen LogP contribution is -2.20. The molecule has 8 nitrogen and oxygen atoms in total. The number of benzene rings is 2. The van der Waals surface area contributed by atoms with Crippen LogP contribution in [0.15, 0.2) is 42.5 Å². The smallest absolute Gasteiger partial charge is 0.311 e. The lowest BCUT2D eigenvalue weighted by atomic mass is 10.1. The molecular formula is C17H15N3O5. The third-order valence-corrected chi connectivity index (χ3v) is 3.24. The van der Waals surface area contributed by atoms with Crippen molar-refractivity contribution < 1.29 is 19.2 Å². The minimum absolute atomic E-state index is 0.0518. The number of carbonyl (C=O) groups is 1. The molecule has 0 aliphatic carbocycles. The number of ether oxygens (including phenoxy) is 2. The second-order valence-corrected chi connectivity index (χ2v) is 4.96. The van der Waals surface area contributed by atoms with Gasteiger partial charge in [-0.15, -0.1) is 0 Å². The number of rotatable bonds is 7. The number of nitro groups is 1. The Hall–Kier alpha value is -3.60. The maximum atomic E-state index is 11.9. The van der Waals surface area contributed by atoms with Crippen molar-refractivity contribution in [3.63, 3.8) is 0 Å². The third kappa shape index (κ3) is 4.94. The highest BCUT2D eigenvalue weighted by molar-refractivity contribution is 5.91. The maximum Gasteiger partial charge on any atom is 0.311 e. The van der Waals surface area contributed by atoms with E-state index in [1.165, 1.54) is 25.3 Å². The third-order valence-electron chi connectivity index (χ3n) is 3.24. The number of nitrogens with one attached hydrogen (secondary N) is 1. The molecule has 0 atom stereocenters. The van der Waals surface area contributed by atoms with Crippen molar-refractivity contribution in [1.82, 2.24) is 0 Å². The zero-order valence-electron chi connectivity index (χ0n) is 13.4. The van der Waals surface area contributed by atoms with Gasteiger partial charge < -0.3 is 14.8 Å². The summed E-state index contributed by atoms with van der Waals surface area (Å²) in [5, 5.41) is 22.1. The number of hydrogen-bond acceptors (Lipinski definition) is 6. The molecule has 2 rings (SSSR count). The van der Waals surface area contributed by atoms with Crippen molar-refractivity contribution in [3.8, 4) is 17.6 Å². The van der Waals surface area contributed by atoms with Gasteiger partial charge in [0.25, 0.3) is 5.91 Å². The van der Waals surface area contributed by atoms with Gasteiger partial charge in [0.05, 0.1) is 24.5 Å². The number of nitrogens with zero attached hydrogens (tertiary/aromatic N) is 2. The van der Waals surface area contributed by atoms with Crippen LogP contribution in [0.3, 0.4) is 0 Å². The Kier molecular flexibility index (Phi) is 5.90. The fourth-order valence-electron chi connectivity index (χ4n) is 2.04. The minimum atomic E-state index is -0.564. The van der Waals surface area contributed by atoms with Crippen LogP contribution in [0.4, 0.5) is 11.4 Å². The Balaban J connectivity index is 1.93. The zero-order valence-corrected chi connectivity index (χ0v) is 13.4. The van der Waals surface area contributed by atoms with Crippen molar-refractivity contribution in [2.45, 2.75) is 6.42 Å². The molecule has 0 fully saturated rings. The van der Waals surface area contributed by atoms with Gasteiger partial charge in [0.2, 0.25) is 5.75 Å². The molecule has 0 radical (unpaired) electrons. The summed E-state index contributed by atoms with van der Waals surface area (Å²) in [5.74, 6) is -0.0525. The molecule has 1 amide bonds. The van der Waals surface area contributed by atoms with Gasteiger partial charge in [0, 0.05) is 17.8 Å². The molecule has 0 saturated carbocycles. The standard InChI is InChI=1S/C17H15N3O5/c1-24-16-10-14(6-7-15(16)20(22)23)25-11-17(21)19-13-4-2-12(3-5-13)8-9-18/h2-7,10H,8,11H2,1H3,(H,19,21). The van der Waals surface area contributed by atoms with E-state index in [9.17, 15) is 14.9 Å². The number of anilines is 1. The van der Waals surface area contributed by atoms with Crippen molar-refractivity contribution in [2.75, 3.05) is 19.0 Å². The molecule has 0 unspecified atom stereocenters. The van der Waals surface area contributed by atoms with Crippen LogP contribution in [0.5, 0.6) is 11.5 Å². The Bertz CT molecular complexity index is 812. The molecule has 0 spiro atoms. The van der Waals surface area contributed by atoms with Crippen LogP contribution in [-0.2, 0) is 11.2 Å². The van der Waals surface area contributed by atoms with Gasteiger partial charge in [0.1, 0.15) is 5.75 Å². The van der Waals surface area contributed by atoms with Gasteiger partial charge in [-0.25, -0.2) is 0 Å². The number of nitriles is 1. The summed E-state index contributed by atoms with van der Waals surface area (Å²) in [6.45, 7) is -0.263. The van der Waals surface area contributed by atoms with Gasteiger partial charge in [-0.2, -0.15) is 5.26 Å². The molecule has 2 aromatic carbocycles. The van der Waals surface area contributed by atoms with Crippen LogP contribution in [0.25, 0.3) is 0 Å². The Morgan fingerprint density at radius 2 is 2.00 bits per heavy atom. The highest BCUT2D eigenvalue weighted by Crippen LogP contribution is 2.30. The molecule has 25 heavy (non-hydrogen) atoms. The van der Waals surface area contributed by atoms with Crippen molar-refractivity contribution in [1.29, 1.82) is 5.26 Å². The monoisotopic (exact) mass is 341 g/mol. The molecule has 0 aliphatic heterocycles. The molecule has 0 aromatic heterocycles. The van der Waals surface area contributed by atoms with Crippen LogP contribution in [0.1, 0.15) is 5.56 Å². The summed E-state index contributed by atoms with van der Waals surface area (Å²) in [5.41, 5.74) is 1.25.